The summed E-state index contributed by atoms with van der Waals surface area (Å²) in [6.45, 7) is 0. The maximum Gasteiger partial charge on any atom is 0.227 e. The van der Waals surface area contributed by atoms with Crippen LogP contribution in [0.25, 0.3) is 88.5 Å². The molecule has 0 fully saturated rings. The third-order valence-electron chi connectivity index (χ3n) is 8.13. The highest BCUT2D eigenvalue weighted by Crippen LogP contribution is 2.40. The molecule has 6 aromatic carbocycles. The van der Waals surface area contributed by atoms with Crippen molar-refractivity contribution in [2.45, 2.75) is 0 Å². The van der Waals surface area contributed by atoms with Gasteiger partial charge < -0.3 is 4.42 Å². The van der Waals surface area contributed by atoms with E-state index in [4.69, 9.17) is 19.4 Å². The third kappa shape index (κ3) is 3.86. The smallest absolute Gasteiger partial charge is 0.227 e. The molecule has 0 amide bonds. The Morgan fingerprint density at radius 1 is 0.442 bits per heavy atom. The lowest BCUT2D eigenvalue weighted by atomic mass is 10.00. The molecule has 0 aliphatic carbocycles. The molecular weight excluding hydrogens is 528 g/mol. The van der Waals surface area contributed by atoms with Gasteiger partial charge in [0.05, 0.1) is 5.56 Å². The number of pyridine rings is 1. The Bertz CT molecular complexity index is 2430. The molecule has 3 heterocycles. The predicted molar refractivity (Wildman–Crippen MR) is 174 cm³/mol. The Kier molecular flexibility index (Phi) is 5.13. The molecule has 5 heteroatoms. The second-order valence-corrected chi connectivity index (χ2v) is 10.7. The molecule has 0 saturated carbocycles. The Labute approximate surface area is 246 Å². The average molecular weight is 551 g/mol. The van der Waals surface area contributed by atoms with E-state index in [9.17, 15) is 0 Å². The maximum absolute atomic E-state index is 6.44. The van der Waals surface area contributed by atoms with Crippen LogP contribution in [0.1, 0.15) is 0 Å². The summed E-state index contributed by atoms with van der Waals surface area (Å²) in [6.07, 6.45) is 1.76. The van der Waals surface area contributed by atoms with Crippen LogP contribution in [0.2, 0.25) is 0 Å². The second kappa shape index (κ2) is 9.29. The first kappa shape index (κ1) is 23.7. The number of hydrogen-bond acceptors (Lipinski definition) is 5. The molecule has 0 unspecified atom stereocenters. The molecule has 0 radical (unpaired) electrons. The fourth-order valence-corrected chi connectivity index (χ4v) is 6.04. The normalized spacial score (nSPS) is 11.7. The highest BCUT2D eigenvalue weighted by molar-refractivity contribution is 6.21. The van der Waals surface area contributed by atoms with Crippen molar-refractivity contribution in [1.82, 2.24) is 19.9 Å². The van der Waals surface area contributed by atoms with Gasteiger partial charge in [0.2, 0.25) is 5.71 Å². The highest BCUT2D eigenvalue weighted by atomic mass is 16.3. The Balaban J connectivity index is 1.35. The summed E-state index contributed by atoms with van der Waals surface area (Å²) in [5.74, 6) is 1.76. The molecule has 0 aliphatic rings. The van der Waals surface area contributed by atoms with Crippen LogP contribution in [-0.4, -0.2) is 19.9 Å². The summed E-state index contributed by atoms with van der Waals surface area (Å²) in [6, 6.07) is 43.7. The predicted octanol–water partition coefficient (Wildman–Crippen LogP) is 9.63. The fraction of sp³-hybridized carbons (Fsp3) is 0. The number of nitrogens with zero attached hydrogens (tertiary/aromatic N) is 4. The van der Waals surface area contributed by atoms with E-state index in [0.29, 0.717) is 28.8 Å². The number of aromatic nitrogens is 4. The standard InChI is InChI=1S/C38H22N4O/c1-3-10-25-20-28(17-15-23(25)8-1)35-40-36(29-18-16-24-9-2-4-11-26(24)21-29)42-37(41-35)32-22-27-12-5-6-13-30(27)33-31-14-7-19-39-38(31)43-34(32)33/h1-22H. The van der Waals surface area contributed by atoms with Gasteiger partial charge in [-0.25, -0.2) is 19.9 Å². The van der Waals surface area contributed by atoms with Gasteiger partial charge in [-0.3, -0.25) is 0 Å². The van der Waals surface area contributed by atoms with Crippen LogP contribution < -0.4 is 0 Å². The van der Waals surface area contributed by atoms with E-state index in [1.54, 1.807) is 6.20 Å². The van der Waals surface area contributed by atoms with Crippen LogP contribution in [0.4, 0.5) is 0 Å². The summed E-state index contributed by atoms with van der Waals surface area (Å²) in [7, 11) is 0. The topological polar surface area (TPSA) is 64.7 Å². The quantitative estimate of drug-likeness (QED) is 0.219. The van der Waals surface area contributed by atoms with Crippen LogP contribution in [0, 0.1) is 0 Å². The van der Waals surface area contributed by atoms with Gasteiger partial charge in [0.1, 0.15) is 5.58 Å². The van der Waals surface area contributed by atoms with Gasteiger partial charge in [0.25, 0.3) is 0 Å². The number of benzene rings is 6. The van der Waals surface area contributed by atoms with Gasteiger partial charge in [-0.1, -0.05) is 97.1 Å². The lowest BCUT2D eigenvalue weighted by Gasteiger charge is -2.11. The largest absolute Gasteiger partial charge is 0.437 e. The molecular formula is C38H22N4O. The highest BCUT2D eigenvalue weighted by Gasteiger charge is 2.20. The van der Waals surface area contributed by atoms with Crippen LogP contribution in [0.5, 0.6) is 0 Å². The van der Waals surface area contributed by atoms with Gasteiger partial charge in [0, 0.05) is 28.1 Å². The number of furan rings is 1. The first-order chi connectivity index (χ1) is 21.3. The molecule has 3 aromatic heterocycles. The van der Waals surface area contributed by atoms with E-state index < -0.39 is 0 Å². The van der Waals surface area contributed by atoms with E-state index in [2.05, 4.69) is 96.0 Å². The monoisotopic (exact) mass is 550 g/mol. The zero-order valence-electron chi connectivity index (χ0n) is 22.9. The van der Waals surface area contributed by atoms with E-state index in [1.807, 2.05) is 36.4 Å². The molecule has 9 aromatic rings. The van der Waals surface area contributed by atoms with Crippen molar-refractivity contribution in [3.05, 3.63) is 134 Å². The Morgan fingerprint density at radius 2 is 1.00 bits per heavy atom. The molecule has 200 valence electrons. The Morgan fingerprint density at radius 3 is 1.67 bits per heavy atom. The lowest BCUT2D eigenvalue weighted by molar-refractivity contribution is 0.655. The second-order valence-electron chi connectivity index (χ2n) is 10.7. The number of fused-ring (bicyclic) bond motifs is 7. The minimum atomic E-state index is 0.552. The lowest BCUT2D eigenvalue weighted by Crippen LogP contribution is -2.00. The molecule has 5 nitrogen and oxygen atoms in total. The molecule has 43 heavy (non-hydrogen) atoms. The minimum absolute atomic E-state index is 0.552. The van der Waals surface area contributed by atoms with Gasteiger partial charge >= 0.3 is 0 Å². The zero-order valence-corrected chi connectivity index (χ0v) is 22.9. The van der Waals surface area contributed by atoms with E-state index in [-0.39, 0.29) is 0 Å². The van der Waals surface area contributed by atoms with Gasteiger partial charge in [-0.2, -0.15) is 0 Å². The molecule has 9 rings (SSSR count). The number of rotatable bonds is 3. The van der Waals surface area contributed by atoms with Crippen molar-refractivity contribution >= 4 is 54.4 Å². The van der Waals surface area contributed by atoms with Crippen molar-refractivity contribution < 1.29 is 4.42 Å². The molecule has 0 atom stereocenters. The maximum atomic E-state index is 6.44. The van der Waals surface area contributed by atoms with Crippen molar-refractivity contribution in [2.75, 3.05) is 0 Å². The van der Waals surface area contributed by atoms with Gasteiger partial charge in [-0.15, -0.1) is 0 Å². The molecule has 0 saturated heterocycles. The van der Waals surface area contributed by atoms with Crippen molar-refractivity contribution in [1.29, 1.82) is 0 Å². The van der Waals surface area contributed by atoms with Crippen LogP contribution in [0.15, 0.2) is 138 Å². The molecule has 0 N–H and O–H groups in total. The summed E-state index contributed by atoms with van der Waals surface area (Å²) < 4.78 is 6.44. The summed E-state index contributed by atoms with van der Waals surface area (Å²) >= 11 is 0. The summed E-state index contributed by atoms with van der Waals surface area (Å²) in [5.41, 5.74) is 3.96. The molecule has 0 spiro atoms. The SMILES string of the molecule is c1ccc2cc(-c3nc(-c4ccc5ccccc5c4)nc(-c4cc5ccccc5c5c4oc4ncccc45)n3)ccc2c1. The van der Waals surface area contributed by atoms with Crippen molar-refractivity contribution in [3.8, 4) is 34.2 Å². The summed E-state index contributed by atoms with van der Waals surface area (Å²) in [5, 5.41) is 8.76. The van der Waals surface area contributed by atoms with Crippen LogP contribution in [-0.2, 0) is 0 Å². The molecule has 0 aliphatic heterocycles. The summed E-state index contributed by atoms with van der Waals surface area (Å²) in [4.78, 5) is 19.7. The fourth-order valence-electron chi connectivity index (χ4n) is 6.04. The first-order valence-electron chi connectivity index (χ1n) is 14.2. The Hall–Kier alpha value is -5.94. The van der Waals surface area contributed by atoms with E-state index >= 15 is 0 Å². The number of hydrogen-bond donors (Lipinski definition) is 0. The first-order valence-corrected chi connectivity index (χ1v) is 14.2. The molecule has 0 bridgehead atoms. The zero-order chi connectivity index (χ0) is 28.3. The third-order valence-corrected chi connectivity index (χ3v) is 8.13. The van der Waals surface area contributed by atoms with E-state index in [1.165, 1.54) is 10.8 Å². The van der Waals surface area contributed by atoms with Gasteiger partial charge in [0.15, 0.2) is 17.5 Å². The van der Waals surface area contributed by atoms with Crippen molar-refractivity contribution in [2.24, 2.45) is 0 Å². The average Bonchev–Trinajstić information content (AvgIpc) is 3.47. The van der Waals surface area contributed by atoms with Crippen LogP contribution >= 0.6 is 0 Å². The minimum Gasteiger partial charge on any atom is -0.437 e. The van der Waals surface area contributed by atoms with Crippen LogP contribution in [0.3, 0.4) is 0 Å². The van der Waals surface area contributed by atoms with Gasteiger partial charge in [-0.05, 0) is 62.6 Å². The van der Waals surface area contributed by atoms with E-state index in [0.717, 1.165) is 49.0 Å². The van der Waals surface area contributed by atoms with Crippen molar-refractivity contribution in [3.63, 3.8) is 0 Å².